The molecule has 1 N–H and O–H groups in total. The molecule has 1 rings (SSSR count). The van der Waals surface area contributed by atoms with Gasteiger partial charge in [0.2, 0.25) is 0 Å². The Bertz CT molecular complexity index is 406. The summed E-state index contributed by atoms with van der Waals surface area (Å²) in [5.74, 6) is -0.425. The minimum atomic E-state index is -0.830. The zero-order valence-corrected chi connectivity index (χ0v) is 10.3. The molecule has 0 fully saturated rings. The third kappa shape index (κ3) is 3.72. The van der Waals surface area contributed by atoms with Gasteiger partial charge in [-0.1, -0.05) is 6.07 Å². The van der Waals surface area contributed by atoms with Gasteiger partial charge in [-0.15, -0.1) is 0 Å². The molecule has 0 aliphatic rings. The lowest BCUT2D eigenvalue weighted by atomic mass is 10.1. The second-order valence-corrected chi connectivity index (χ2v) is 4.59. The lowest BCUT2D eigenvalue weighted by molar-refractivity contribution is -0.274. The van der Waals surface area contributed by atoms with Gasteiger partial charge < -0.3 is 4.89 Å². The second kappa shape index (κ2) is 5.16. The van der Waals surface area contributed by atoms with Crippen molar-refractivity contribution in [2.45, 2.75) is 33.3 Å². The van der Waals surface area contributed by atoms with Crippen LogP contribution in [0.4, 0.5) is 0 Å². The first-order valence-electron chi connectivity index (χ1n) is 5.16. The molecule has 0 saturated carbocycles. The Hall–Kier alpha value is -1.59. The summed E-state index contributed by atoms with van der Waals surface area (Å²) in [5, 5.41) is 8.34. The van der Waals surface area contributed by atoms with E-state index in [9.17, 15) is 4.79 Å². The van der Waals surface area contributed by atoms with E-state index in [1.807, 2.05) is 20.8 Å². The van der Waals surface area contributed by atoms with Crippen LogP contribution in [0, 0.1) is 6.92 Å². The molecule has 0 radical (unpaired) electrons. The average molecular weight is 240 g/mol. The third-order valence-electron chi connectivity index (χ3n) is 1.97. The summed E-state index contributed by atoms with van der Waals surface area (Å²) >= 11 is 0. The van der Waals surface area contributed by atoms with Gasteiger partial charge in [-0.05, 0) is 39.8 Å². The van der Waals surface area contributed by atoms with Crippen LogP contribution in [0.5, 0.6) is 5.75 Å². The molecular weight excluding hydrogens is 224 g/mol. The summed E-state index contributed by atoms with van der Waals surface area (Å²) in [5.41, 5.74) is 0.304. The highest BCUT2D eigenvalue weighted by Crippen LogP contribution is 2.23. The summed E-state index contributed by atoms with van der Waals surface area (Å²) in [6.07, 6.45) is 0. The van der Waals surface area contributed by atoms with Crippen molar-refractivity contribution >= 4 is 5.97 Å². The van der Waals surface area contributed by atoms with Crippen LogP contribution in [0.15, 0.2) is 18.2 Å². The van der Waals surface area contributed by atoms with E-state index in [1.54, 1.807) is 19.1 Å². The maximum atomic E-state index is 11.2. The molecule has 0 aromatic heterocycles. The fourth-order valence-corrected chi connectivity index (χ4v) is 1.14. The molecule has 0 unspecified atom stereocenters. The molecular formula is C12H16O5. The lowest BCUT2D eigenvalue weighted by Crippen LogP contribution is -2.21. The van der Waals surface area contributed by atoms with Gasteiger partial charge in [0, 0.05) is 5.56 Å². The van der Waals surface area contributed by atoms with Gasteiger partial charge in [0.05, 0.1) is 5.56 Å². The van der Waals surface area contributed by atoms with E-state index in [1.165, 1.54) is 6.07 Å². The van der Waals surface area contributed by atoms with Gasteiger partial charge in [-0.2, -0.15) is 10.1 Å². The summed E-state index contributed by atoms with van der Waals surface area (Å²) in [6.45, 7) is 7.20. The van der Waals surface area contributed by atoms with Crippen LogP contribution in [0.3, 0.4) is 0 Å². The van der Waals surface area contributed by atoms with Crippen molar-refractivity contribution < 1.29 is 24.7 Å². The van der Waals surface area contributed by atoms with Gasteiger partial charge in [0.15, 0.2) is 5.75 Å². The normalized spacial score (nSPS) is 11.1. The van der Waals surface area contributed by atoms with Gasteiger partial charge >= 0.3 is 5.97 Å². The van der Waals surface area contributed by atoms with E-state index in [0.29, 0.717) is 11.3 Å². The topological polar surface area (TPSA) is 65.0 Å². The highest BCUT2D eigenvalue weighted by atomic mass is 17.2. The van der Waals surface area contributed by atoms with Crippen LogP contribution in [-0.2, 0) is 9.78 Å². The smallest absolute Gasteiger partial charge is 0.337 e. The second-order valence-electron chi connectivity index (χ2n) is 4.59. The monoisotopic (exact) mass is 240 g/mol. The van der Waals surface area contributed by atoms with Gasteiger partial charge in [-0.25, -0.2) is 4.79 Å². The molecule has 0 bridgehead atoms. The molecule has 0 aliphatic carbocycles. The average Bonchev–Trinajstić information content (AvgIpc) is 2.25. The van der Waals surface area contributed by atoms with Crippen molar-refractivity contribution in [2.75, 3.05) is 0 Å². The van der Waals surface area contributed by atoms with Crippen molar-refractivity contribution in [3.63, 3.8) is 0 Å². The van der Waals surface area contributed by atoms with Crippen LogP contribution in [0.2, 0.25) is 0 Å². The number of carbonyl (C=O) groups is 1. The van der Waals surface area contributed by atoms with E-state index >= 15 is 0 Å². The molecule has 0 aliphatic heterocycles. The Morgan fingerprint density at radius 2 is 1.94 bits per heavy atom. The Labute approximate surface area is 99.8 Å². The molecule has 0 amide bonds. The van der Waals surface area contributed by atoms with Crippen molar-refractivity contribution in [1.82, 2.24) is 0 Å². The van der Waals surface area contributed by atoms with Gasteiger partial charge in [0.25, 0.3) is 0 Å². The highest BCUT2D eigenvalue weighted by Gasteiger charge is 2.17. The van der Waals surface area contributed by atoms with Gasteiger partial charge in [0.1, 0.15) is 5.60 Å². The predicted molar refractivity (Wildman–Crippen MR) is 60.7 cm³/mol. The minimum Gasteiger partial charge on any atom is -0.337 e. The molecule has 1 aromatic rings. The standard InChI is InChI=1S/C12H16O5/c1-8-9(11(13)15-14)6-5-7-10(8)16-17-12(2,3)4/h5-7,14H,1-4H3. The molecule has 94 valence electrons. The number of hydrogen-bond donors (Lipinski definition) is 1. The Morgan fingerprint density at radius 3 is 2.47 bits per heavy atom. The van der Waals surface area contributed by atoms with Crippen LogP contribution >= 0.6 is 0 Å². The fraction of sp³-hybridized carbons (Fsp3) is 0.417. The Balaban J connectivity index is 2.91. The van der Waals surface area contributed by atoms with Crippen molar-refractivity contribution in [2.24, 2.45) is 0 Å². The van der Waals surface area contributed by atoms with Crippen LogP contribution in [0.1, 0.15) is 36.7 Å². The molecule has 5 nitrogen and oxygen atoms in total. The first-order valence-corrected chi connectivity index (χ1v) is 5.16. The van der Waals surface area contributed by atoms with E-state index in [4.69, 9.17) is 15.0 Å². The summed E-state index contributed by atoms with van der Waals surface area (Å²) in [6, 6.07) is 4.80. The van der Waals surface area contributed by atoms with E-state index in [2.05, 4.69) is 4.89 Å². The van der Waals surface area contributed by atoms with Crippen molar-refractivity contribution in [1.29, 1.82) is 0 Å². The Morgan fingerprint density at radius 1 is 1.29 bits per heavy atom. The molecule has 17 heavy (non-hydrogen) atoms. The van der Waals surface area contributed by atoms with E-state index < -0.39 is 11.6 Å². The number of hydrogen-bond acceptors (Lipinski definition) is 5. The quantitative estimate of drug-likeness (QED) is 0.650. The lowest BCUT2D eigenvalue weighted by Gasteiger charge is -2.19. The highest BCUT2D eigenvalue weighted by molar-refractivity contribution is 5.91. The maximum Gasteiger partial charge on any atom is 0.373 e. The number of rotatable bonds is 3. The largest absolute Gasteiger partial charge is 0.373 e. The van der Waals surface area contributed by atoms with E-state index in [-0.39, 0.29) is 5.56 Å². The minimum absolute atomic E-state index is 0.225. The first kappa shape index (κ1) is 13.5. The zero-order chi connectivity index (χ0) is 13.1. The summed E-state index contributed by atoms with van der Waals surface area (Å²) in [4.78, 5) is 25.2. The summed E-state index contributed by atoms with van der Waals surface area (Å²) in [7, 11) is 0. The van der Waals surface area contributed by atoms with Gasteiger partial charge in [-0.3, -0.25) is 4.89 Å². The molecule has 0 spiro atoms. The van der Waals surface area contributed by atoms with Crippen LogP contribution in [0.25, 0.3) is 0 Å². The molecule has 5 heteroatoms. The van der Waals surface area contributed by atoms with E-state index in [0.717, 1.165) is 0 Å². The number of benzene rings is 1. The molecule has 1 aromatic carbocycles. The predicted octanol–water partition coefficient (Wildman–Crippen LogP) is 2.73. The van der Waals surface area contributed by atoms with Crippen molar-refractivity contribution in [3.8, 4) is 5.75 Å². The maximum absolute atomic E-state index is 11.2. The van der Waals surface area contributed by atoms with Crippen LogP contribution < -0.4 is 4.89 Å². The van der Waals surface area contributed by atoms with Crippen LogP contribution in [-0.4, -0.2) is 16.8 Å². The zero-order valence-electron chi connectivity index (χ0n) is 10.3. The number of carbonyl (C=O) groups excluding carboxylic acids is 1. The molecule has 0 atom stereocenters. The molecule has 0 heterocycles. The summed E-state index contributed by atoms with van der Waals surface area (Å²) < 4.78 is 0. The molecule has 0 saturated heterocycles. The Kier molecular flexibility index (Phi) is 4.09. The SMILES string of the molecule is Cc1c(OOC(C)(C)C)cccc1C(=O)OO. The fourth-order valence-electron chi connectivity index (χ4n) is 1.14. The first-order chi connectivity index (χ1) is 7.85. The van der Waals surface area contributed by atoms with Crippen molar-refractivity contribution in [3.05, 3.63) is 29.3 Å². The third-order valence-corrected chi connectivity index (χ3v) is 1.97.